The molecule has 2 aliphatic rings. The van der Waals surface area contributed by atoms with Crippen molar-refractivity contribution in [3.8, 4) is 0 Å². The van der Waals surface area contributed by atoms with Crippen LogP contribution < -0.4 is 5.32 Å². The largest absolute Gasteiger partial charge is 0.316 e. The number of nitrogens with one attached hydrogen (secondary N) is 1. The summed E-state index contributed by atoms with van der Waals surface area (Å²) < 4.78 is 11.2. The maximum atomic E-state index is 11.2. The fourth-order valence-corrected chi connectivity index (χ4v) is 3.56. The van der Waals surface area contributed by atoms with E-state index < -0.39 is 10.8 Å². The summed E-state index contributed by atoms with van der Waals surface area (Å²) in [5, 5.41) is 3.46. The van der Waals surface area contributed by atoms with Crippen LogP contribution in [0, 0.1) is 5.92 Å². The summed E-state index contributed by atoms with van der Waals surface area (Å²) in [6, 6.07) is 0. The number of hydrogen-bond donors (Lipinski definition) is 1. The van der Waals surface area contributed by atoms with E-state index in [1.807, 2.05) is 0 Å². The van der Waals surface area contributed by atoms with Crippen LogP contribution in [0.4, 0.5) is 0 Å². The van der Waals surface area contributed by atoms with Crippen LogP contribution in [0.5, 0.6) is 0 Å². The molecule has 2 rings (SSSR count). The van der Waals surface area contributed by atoms with E-state index in [1.54, 1.807) is 0 Å². The Kier molecular flexibility index (Phi) is 4.60. The summed E-state index contributed by atoms with van der Waals surface area (Å²) in [5.74, 6) is 2.66. The van der Waals surface area contributed by atoms with Crippen LogP contribution in [0.15, 0.2) is 0 Å². The molecule has 0 saturated carbocycles. The van der Waals surface area contributed by atoms with Crippen LogP contribution in [0.1, 0.15) is 19.3 Å². The van der Waals surface area contributed by atoms with Gasteiger partial charge >= 0.3 is 0 Å². The van der Waals surface area contributed by atoms with Gasteiger partial charge in [-0.15, -0.1) is 0 Å². The van der Waals surface area contributed by atoms with Gasteiger partial charge in [0.05, 0.1) is 0 Å². The minimum absolute atomic E-state index is 0.523. The van der Waals surface area contributed by atoms with Crippen molar-refractivity contribution in [1.29, 1.82) is 0 Å². The summed E-state index contributed by atoms with van der Waals surface area (Å²) in [6.07, 6.45) is 4.06. The topological polar surface area (TPSA) is 32.3 Å². The summed E-state index contributed by atoms with van der Waals surface area (Å²) in [6.45, 7) is 5.72. The van der Waals surface area contributed by atoms with Crippen molar-refractivity contribution in [3.63, 3.8) is 0 Å². The van der Waals surface area contributed by atoms with Gasteiger partial charge < -0.3 is 10.2 Å². The van der Waals surface area contributed by atoms with Crippen LogP contribution >= 0.6 is 0 Å². The van der Waals surface area contributed by atoms with Crippen LogP contribution in [-0.4, -0.2) is 53.3 Å². The van der Waals surface area contributed by atoms with Crippen molar-refractivity contribution in [2.24, 2.45) is 5.92 Å². The maximum absolute atomic E-state index is 11.2. The van der Waals surface area contributed by atoms with E-state index in [0.29, 0.717) is 0 Å². The van der Waals surface area contributed by atoms with Gasteiger partial charge in [-0.05, 0) is 44.8 Å². The van der Waals surface area contributed by atoms with Crippen molar-refractivity contribution < 1.29 is 4.21 Å². The summed E-state index contributed by atoms with van der Waals surface area (Å²) >= 11 is 0. The lowest BCUT2D eigenvalue weighted by Gasteiger charge is -2.29. The standard InChI is InChI=1S/C11H22N2OS/c14-15-8-6-13(7-9-15)5-3-11-2-1-4-12-10-11/h11-12H,1-10H2. The molecule has 1 atom stereocenters. The highest BCUT2D eigenvalue weighted by Crippen LogP contribution is 2.15. The molecular weight excluding hydrogens is 208 g/mol. The molecule has 1 unspecified atom stereocenters. The molecule has 0 aliphatic carbocycles. The van der Waals surface area contributed by atoms with Gasteiger partial charge in [-0.25, -0.2) is 0 Å². The van der Waals surface area contributed by atoms with Crippen molar-refractivity contribution in [2.45, 2.75) is 19.3 Å². The Hall–Kier alpha value is 0.0700. The Balaban J connectivity index is 1.62. The molecule has 0 spiro atoms. The summed E-state index contributed by atoms with van der Waals surface area (Å²) in [7, 11) is -0.523. The van der Waals surface area contributed by atoms with E-state index in [-0.39, 0.29) is 0 Å². The van der Waals surface area contributed by atoms with Crippen molar-refractivity contribution in [3.05, 3.63) is 0 Å². The second-order valence-electron chi connectivity index (χ2n) is 4.69. The second kappa shape index (κ2) is 5.97. The quantitative estimate of drug-likeness (QED) is 0.763. The first-order valence-corrected chi connectivity index (χ1v) is 7.61. The number of rotatable bonds is 3. The Labute approximate surface area is 95.1 Å². The number of hydrogen-bond acceptors (Lipinski definition) is 3. The normalized spacial score (nSPS) is 30.5. The first-order valence-electron chi connectivity index (χ1n) is 6.12. The van der Waals surface area contributed by atoms with E-state index in [0.717, 1.165) is 30.5 Å². The lowest BCUT2D eigenvalue weighted by atomic mass is 9.96. The third kappa shape index (κ3) is 3.85. The van der Waals surface area contributed by atoms with Gasteiger partial charge in [0, 0.05) is 35.4 Å². The second-order valence-corrected chi connectivity index (χ2v) is 6.39. The zero-order valence-corrected chi connectivity index (χ0v) is 10.2. The highest BCUT2D eigenvalue weighted by Gasteiger charge is 2.17. The predicted molar refractivity (Wildman–Crippen MR) is 64.5 cm³/mol. The smallest absolute Gasteiger partial charge is 0.0363 e. The van der Waals surface area contributed by atoms with E-state index in [4.69, 9.17) is 0 Å². The zero-order valence-electron chi connectivity index (χ0n) is 9.41. The SMILES string of the molecule is O=S1CCN(CCC2CCCNC2)CC1. The average molecular weight is 230 g/mol. The minimum Gasteiger partial charge on any atom is -0.316 e. The lowest BCUT2D eigenvalue weighted by molar-refractivity contribution is 0.253. The molecule has 2 aliphatic heterocycles. The molecule has 3 nitrogen and oxygen atoms in total. The summed E-state index contributed by atoms with van der Waals surface area (Å²) in [5.41, 5.74) is 0. The first-order chi connectivity index (χ1) is 7.34. The van der Waals surface area contributed by atoms with Crippen molar-refractivity contribution >= 4 is 10.8 Å². The van der Waals surface area contributed by atoms with Gasteiger partial charge in [0.15, 0.2) is 0 Å². The van der Waals surface area contributed by atoms with Gasteiger partial charge in [-0.2, -0.15) is 0 Å². The molecule has 0 bridgehead atoms. The monoisotopic (exact) mass is 230 g/mol. The van der Waals surface area contributed by atoms with Gasteiger partial charge in [-0.3, -0.25) is 4.21 Å². The van der Waals surface area contributed by atoms with Crippen LogP contribution in [0.25, 0.3) is 0 Å². The van der Waals surface area contributed by atoms with Crippen LogP contribution in [-0.2, 0) is 10.8 Å². The van der Waals surface area contributed by atoms with Crippen LogP contribution in [0.2, 0.25) is 0 Å². The highest BCUT2D eigenvalue weighted by atomic mass is 32.2. The van der Waals surface area contributed by atoms with Gasteiger partial charge in [0.25, 0.3) is 0 Å². The summed E-state index contributed by atoms with van der Waals surface area (Å²) in [4.78, 5) is 2.48. The third-order valence-electron chi connectivity index (χ3n) is 3.52. The third-order valence-corrected chi connectivity index (χ3v) is 4.80. The van der Waals surface area contributed by atoms with Crippen LogP contribution in [0.3, 0.4) is 0 Å². The van der Waals surface area contributed by atoms with Gasteiger partial charge in [0.1, 0.15) is 0 Å². The molecule has 2 fully saturated rings. The molecular formula is C11H22N2OS. The average Bonchev–Trinajstić information content (AvgIpc) is 2.30. The van der Waals surface area contributed by atoms with E-state index in [9.17, 15) is 4.21 Å². The Bertz CT molecular complexity index is 207. The zero-order chi connectivity index (χ0) is 10.5. The fraction of sp³-hybridized carbons (Fsp3) is 1.00. The fourth-order valence-electron chi connectivity index (χ4n) is 2.43. The predicted octanol–water partition coefficient (Wildman–Crippen LogP) is 0.440. The van der Waals surface area contributed by atoms with Crippen molar-refractivity contribution in [1.82, 2.24) is 10.2 Å². The Morgan fingerprint density at radius 1 is 1.33 bits per heavy atom. The van der Waals surface area contributed by atoms with E-state index in [2.05, 4.69) is 10.2 Å². The molecule has 0 amide bonds. The number of nitrogens with zero attached hydrogens (tertiary/aromatic N) is 1. The van der Waals surface area contributed by atoms with Gasteiger partial charge in [-0.1, -0.05) is 0 Å². The van der Waals surface area contributed by atoms with Gasteiger partial charge in [0.2, 0.25) is 0 Å². The van der Waals surface area contributed by atoms with E-state index >= 15 is 0 Å². The Morgan fingerprint density at radius 2 is 2.13 bits per heavy atom. The van der Waals surface area contributed by atoms with E-state index in [1.165, 1.54) is 38.9 Å². The molecule has 0 aromatic carbocycles. The molecule has 2 heterocycles. The highest BCUT2D eigenvalue weighted by molar-refractivity contribution is 7.85. The molecule has 0 aromatic rings. The maximum Gasteiger partial charge on any atom is 0.0363 e. The Morgan fingerprint density at radius 3 is 2.80 bits per heavy atom. The molecule has 1 N–H and O–H groups in total. The minimum atomic E-state index is -0.523. The molecule has 4 heteroatoms. The molecule has 15 heavy (non-hydrogen) atoms. The molecule has 88 valence electrons. The number of piperidine rings is 1. The molecule has 0 aromatic heterocycles. The first kappa shape index (κ1) is 11.6. The van der Waals surface area contributed by atoms with Crippen molar-refractivity contribution in [2.75, 3.05) is 44.2 Å². The molecule has 2 saturated heterocycles. The molecule has 0 radical (unpaired) electrons. The lowest BCUT2D eigenvalue weighted by Crippen LogP contribution is -2.40.